The van der Waals surface area contributed by atoms with Crippen molar-refractivity contribution in [3.63, 3.8) is 0 Å². The Labute approximate surface area is 124 Å². The second-order valence-corrected chi connectivity index (χ2v) is 5.62. The Bertz CT molecular complexity index is 551. The molecule has 2 nitrogen and oxygen atoms in total. The number of amides is 1. The number of aryl methyl sites for hydroxylation is 1. The molecule has 2 aromatic rings. The van der Waals surface area contributed by atoms with E-state index in [9.17, 15) is 4.79 Å². The molecule has 0 saturated carbocycles. The third kappa shape index (κ3) is 3.87. The van der Waals surface area contributed by atoms with Crippen LogP contribution in [0.5, 0.6) is 0 Å². The van der Waals surface area contributed by atoms with E-state index in [0.717, 1.165) is 10.6 Å². The Balaban J connectivity index is 1.98. The molecule has 0 aromatic heterocycles. The van der Waals surface area contributed by atoms with Gasteiger partial charge in [0.05, 0.1) is 5.75 Å². The summed E-state index contributed by atoms with van der Waals surface area (Å²) in [6, 6.07) is 18.1. The van der Waals surface area contributed by atoms with Gasteiger partial charge in [-0.15, -0.1) is 11.8 Å². The number of anilines is 1. The zero-order chi connectivity index (χ0) is 14.4. The van der Waals surface area contributed by atoms with Crippen LogP contribution in [-0.2, 0) is 4.79 Å². The molecule has 2 aromatic carbocycles. The number of rotatable bonds is 5. The van der Waals surface area contributed by atoms with Crippen molar-refractivity contribution in [2.75, 3.05) is 17.2 Å². The minimum Gasteiger partial charge on any atom is -0.312 e. The highest BCUT2D eigenvalue weighted by Gasteiger charge is 2.13. The van der Waals surface area contributed by atoms with E-state index in [2.05, 4.69) is 31.2 Å². The van der Waals surface area contributed by atoms with Crippen LogP contribution in [0.4, 0.5) is 5.69 Å². The Morgan fingerprint density at radius 2 is 1.70 bits per heavy atom. The summed E-state index contributed by atoms with van der Waals surface area (Å²) in [6.07, 6.45) is 0. The van der Waals surface area contributed by atoms with E-state index < -0.39 is 0 Å². The van der Waals surface area contributed by atoms with Crippen LogP contribution >= 0.6 is 11.8 Å². The summed E-state index contributed by atoms with van der Waals surface area (Å²) in [5.74, 6) is 0.607. The third-order valence-corrected chi connectivity index (χ3v) is 4.07. The molecule has 0 aliphatic rings. The number of carbonyl (C=O) groups excluding carboxylic acids is 1. The molecule has 0 fully saturated rings. The van der Waals surface area contributed by atoms with E-state index in [4.69, 9.17) is 0 Å². The molecule has 0 bridgehead atoms. The van der Waals surface area contributed by atoms with E-state index in [0.29, 0.717) is 12.3 Å². The molecule has 20 heavy (non-hydrogen) atoms. The van der Waals surface area contributed by atoms with Gasteiger partial charge in [-0.05, 0) is 38.1 Å². The summed E-state index contributed by atoms with van der Waals surface area (Å²) >= 11 is 1.58. The first-order valence-electron chi connectivity index (χ1n) is 6.75. The first-order chi connectivity index (χ1) is 9.70. The summed E-state index contributed by atoms with van der Waals surface area (Å²) < 4.78 is 0. The Morgan fingerprint density at radius 3 is 2.30 bits per heavy atom. The minimum atomic E-state index is 0.143. The van der Waals surface area contributed by atoms with Crippen LogP contribution in [0.2, 0.25) is 0 Å². The van der Waals surface area contributed by atoms with Gasteiger partial charge in [0.25, 0.3) is 0 Å². The predicted molar refractivity (Wildman–Crippen MR) is 86.4 cm³/mol. The molecule has 0 aliphatic heterocycles. The molecule has 3 heteroatoms. The highest BCUT2D eigenvalue weighted by atomic mass is 32.2. The molecule has 0 saturated heterocycles. The van der Waals surface area contributed by atoms with Crippen molar-refractivity contribution in [3.8, 4) is 0 Å². The van der Waals surface area contributed by atoms with Crippen LogP contribution < -0.4 is 4.90 Å². The number of hydrogen-bond acceptors (Lipinski definition) is 2. The van der Waals surface area contributed by atoms with Gasteiger partial charge in [-0.3, -0.25) is 4.79 Å². The molecule has 2 rings (SSSR count). The molecular weight excluding hydrogens is 266 g/mol. The maximum absolute atomic E-state index is 12.3. The number of nitrogens with zero attached hydrogens (tertiary/aromatic N) is 1. The number of hydrogen-bond donors (Lipinski definition) is 0. The quantitative estimate of drug-likeness (QED) is 0.770. The predicted octanol–water partition coefficient (Wildman–Crippen LogP) is 4.14. The highest BCUT2D eigenvalue weighted by Crippen LogP contribution is 2.20. The highest BCUT2D eigenvalue weighted by molar-refractivity contribution is 8.00. The second-order valence-electron chi connectivity index (χ2n) is 4.58. The number of carbonyl (C=O) groups is 1. The fraction of sp³-hybridized carbons (Fsp3) is 0.235. The molecule has 104 valence electrons. The van der Waals surface area contributed by atoms with Gasteiger partial charge < -0.3 is 4.90 Å². The number of benzene rings is 2. The maximum atomic E-state index is 12.3. The fourth-order valence-corrected chi connectivity index (χ4v) is 2.74. The normalized spacial score (nSPS) is 10.3. The Morgan fingerprint density at radius 1 is 1.05 bits per heavy atom. The summed E-state index contributed by atoms with van der Waals surface area (Å²) in [5.41, 5.74) is 2.20. The van der Waals surface area contributed by atoms with Crippen molar-refractivity contribution in [2.24, 2.45) is 0 Å². The molecular formula is C17H19NOS. The van der Waals surface area contributed by atoms with Crippen molar-refractivity contribution in [1.82, 2.24) is 0 Å². The lowest BCUT2D eigenvalue weighted by atomic mass is 10.2. The third-order valence-electron chi connectivity index (χ3n) is 3.07. The lowest BCUT2D eigenvalue weighted by Gasteiger charge is -2.20. The fourth-order valence-electron chi connectivity index (χ4n) is 1.97. The zero-order valence-electron chi connectivity index (χ0n) is 11.9. The van der Waals surface area contributed by atoms with Crippen LogP contribution in [0.3, 0.4) is 0 Å². The summed E-state index contributed by atoms with van der Waals surface area (Å²) in [4.78, 5) is 15.3. The lowest BCUT2D eigenvalue weighted by Crippen LogP contribution is -2.32. The summed E-state index contributed by atoms with van der Waals surface area (Å²) in [5, 5.41) is 0. The molecule has 0 unspecified atom stereocenters. The molecule has 0 N–H and O–H groups in total. The first-order valence-corrected chi connectivity index (χ1v) is 7.74. The average Bonchev–Trinajstić information content (AvgIpc) is 2.48. The van der Waals surface area contributed by atoms with Gasteiger partial charge in [-0.2, -0.15) is 0 Å². The van der Waals surface area contributed by atoms with Crippen LogP contribution in [0.25, 0.3) is 0 Å². The Kier molecular flexibility index (Phi) is 5.24. The monoisotopic (exact) mass is 285 g/mol. The van der Waals surface area contributed by atoms with Gasteiger partial charge in [0.15, 0.2) is 0 Å². The summed E-state index contributed by atoms with van der Waals surface area (Å²) in [7, 11) is 0. The van der Waals surface area contributed by atoms with Gasteiger partial charge in [-0.25, -0.2) is 0 Å². The largest absolute Gasteiger partial charge is 0.312 e. The van der Waals surface area contributed by atoms with Crippen LogP contribution in [0.15, 0.2) is 59.5 Å². The van der Waals surface area contributed by atoms with Crippen LogP contribution in [0.1, 0.15) is 12.5 Å². The lowest BCUT2D eigenvalue weighted by molar-refractivity contribution is -0.116. The van der Waals surface area contributed by atoms with E-state index in [1.807, 2.05) is 42.2 Å². The summed E-state index contributed by atoms with van der Waals surface area (Å²) in [6.45, 7) is 4.76. The average molecular weight is 285 g/mol. The zero-order valence-corrected chi connectivity index (χ0v) is 12.7. The van der Waals surface area contributed by atoms with Gasteiger partial charge in [0.1, 0.15) is 0 Å². The van der Waals surface area contributed by atoms with E-state index in [-0.39, 0.29) is 5.91 Å². The van der Waals surface area contributed by atoms with Crippen molar-refractivity contribution in [2.45, 2.75) is 18.7 Å². The number of para-hydroxylation sites is 1. The molecule has 0 spiro atoms. The van der Waals surface area contributed by atoms with Crippen molar-refractivity contribution >= 4 is 23.4 Å². The van der Waals surface area contributed by atoms with Gasteiger partial charge in [0, 0.05) is 17.1 Å². The molecule has 1 amide bonds. The number of thioether (sulfide) groups is 1. The van der Waals surface area contributed by atoms with Crippen molar-refractivity contribution in [3.05, 3.63) is 60.2 Å². The topological polar surface area (TPSA) is 20.3 Å². The molecule has 0 radical (unpaired) electrons. The SMILES string of the molecule is CCN(C(=O)CSc1ccc(C)cc1)c1ccccc1. The standard InChI is InChI=1S/C17H19NOS/c1-3-18(15-7-5-4-6-8-15)17(19)13-20-16-11-9-14(2)10-12-16/h4-12H,3,13H2,1-2H3. The van der Waals surface area contributed by atoms with E-state index in [1.54, 1.807) is 11.8 Å². The Hall–Kier alpha value is -1.74. The second kappa shape index (κ2) is 7.15. The van der Waals surface area contributed by atoms with Gasteiger partial charge in [0.2, 0.25) is 5.91 Å². The van der Waals surface area contributed by atoms with Crippen molar-refractivity contribution in [1.29, 1.82) is 0 Å². The smallest absolute Gasteiger partial charge is 0.237 e. The van der Waals surface area contributed by atoms with Crippen molar-refractivity contribution < 1.29 is 4.79 Å². The van der Waals surface area contributed by atoms with Gasteiger partial charge >= 0.3 is 0 Å². The molecule has 0 heterocycles. The molecule has 0 aliphatic carbocycles. The van der Waals surface area contributed by atoms with E-state index >= 15 is 0 Å². The maximum Gasteiger partial charge on any atom is 0.237 e. The van der Waals surface area contributed by atoms with E-state index in [1.165, 1.54) is 5.56 Å². The van der Waals surface area contributed by atoms with Crippen LogP contribution in [-0.4, -0.2) is 18.2 Å². The first kappa shape index (κ1) is 14.7. The molecule has 0 atom stereocenters. The van der Waals surface area contributed by atoms with Gasteiger partial charge in [-0.1, -0.05) is 35.9 Å². The van der Waals surface area contributed by atoms with Crippen LogP contribution in [0, 0.1) is 6.92 Å². The minimum absolute atomic E-state index is 0.143.